The summed E-state index contributed by atoms with van der Waals surface area (Å²) >= 11 is 3.18. The first-order chi connectivity index (χ1) is 7.66. The van der Waals surface area contributed by atoms with E-state index in [-0.39, 0.29) is 24.1 Å². The average Bonchev–Trinajstić information content (AvgIpc) is 2.75. The molecule has 1 aliphatic heterocycles. The molecule has 0 radical (unpaired) electrons. The Labute approximate surface area is 102 Å². The van der Waals surface area contributed by atoms with E-state index in [1.807, 2.05) is 0 Å². The Morgan fingerprint density at radius 1 is 1.56 bits per heavy atom. The van der Waals surface area contributed by atoms with Gasteiger partial charge >= 0.3 is 0 Å². The molecule has 1 aliphatic rings. The minimum Gasteiger partial charge on any atom is -0.370 e. The largest absolute Gasteiger partial charge is 0.370 e. The molecule has 1 aromatic carbocycles. The minimum absolute atomic E-state index is 0.0290. The van der Waals surface area contributed by atoms with Gasteiger partial charge in [-0.05, 0) is 30.5 Å². The number of hydrogen-bond donors (Lipinski definition) is 0. The normalized spacial score (nSPS) is 20.0. The predicted octanol–water partition coefficient (Wildman–Crippen LogP) is 2.88. The quantitative estimate of drug-likeness (QED) is 0.854. The highest BCUT2D eigenvalue weighted by atomic mass is 79.9. The lowest BCUT2D eigenvalue weighted by atomic mass is 10.0. The Kier molecular flexibility index (Phi) is 3.71. The first-order valence-electron chi connectivity index (χ1n) is 5.25. The van der Waals surface area contributed by atoms with Crippen molar-refractivity contribution >= 4 is 21.7 Å². The van der Waals surface area contributed by atoms with Crippen LogP contribution in [0.1, 0.15) is 18.4 Å². The predicted molar refractivity (Wildman–Crippen MR) is 61.8 cm³/mol. The fourth-order valence-electron chi connectivity index (χ4n) is 1.80. The molecule has 86 valence electrons. The van der Waals surface area contributed by atoms with Crippen LogP contribution in [0, 0.1) is 5.82 Å². The summed E-state index contributed by atoms with van der Waals surface area (Å²) in [5, 5.41) is 0. The van der Waals surface area contributed by atoms with E-state index in [2.05, 4.69) is 15.9 Å². The van der Waals surface area contributed by atoms with Crippen LogP contribution in [-0.4, -0.2) is 18.5 Å². The number of hydrogen-bond acceptors (Lipinski definition) is 2. The Hall–Kier alpha value is -0.740. The third-order valence-electron chi connectivity index (χ3n) is 2.67. The number of benzene rings is 1. The standard InChI is InChI=1S/C12H12BrFO2/c13-9-4-3-8(10(14)7-9)6-11(15)12-2-1-5-16-12/h3-4,7,12H,1-2,5-6H2. The highest BCUT2D eigenvalue weighted by Gasteiger charge is 2.24. The van der Waals surface area contributed by atoms with Crippen molar-refractivity contribution in [3.05, 3.63) is 34.1 Å². The Morgan fingerprint density at radius 2 is 2.38 bits per heavy atom. The number of carbonyl (C=O) groups is 1. The molecule has 0 amide bonds. The fraction of sp³-hybridized carbons (Fsp3) is 0.417. The number of carbonyl (C=O) groups excluding carboxylic acids is 1. The van der Waals surface area contributed by atoms with Crippen molar-refractivity contribution in [1.82, 2.24) is 0 Å². The minimum atomic E-state index is -0.347. The van der Waals surface area contributed by atoms with Gasteiger partial charge in [0.1, 0.15) is 11.9 Å². The fourth-order valence-corrected chi connectivity index (χ4v) is 2.13. The molecule has 4 heteroatoms. The Bertz CT molecular complexity index is 400. The van der Waals surface area contributed by atoms with Crippen LogP contribution in [0.3, 0.4) is 0 Å². The van der Waals surface area contributed by atoms with E-state index in [0.29, 0.717) is 16.6 Å². The molecule has 2 rings (SSSR count). The summed E-state index contributed by atoms with van der Waals surface area (Å²) in [4.78, 5) is 11.7. The number of halogens is 2. The van der Waals surface area contributed by atoms with Crippen LogP contribution in [0.25, 0.3) is 0 Å². The maximum Gasteiger partial charge on any atom is 0.166 e. The zero-order valence-corrected chi connectivity index (χ0v) is 10.3. The van der Waals surface area contributed by atoms with Crippen molar-refractivity contribution in [1.29, 1.82) is 0 Å². The lowest BCUT2D eigenvalue weighted by Gasteiger charge is -2.08. The van der Waals surface area contributed by atoms with Gasteiger partial charge < -0.3 is 4.74 Å². The molecule has 1 aromatic rings. The van der Waals surface area contributed by atoms with Crippen molar-refractivity contribution in [3.63, 3.8) is 0 Å². The van der Waals surface area contributed by atoms with Crippen LogP contribution in [0.2, 0.25) is 0 Å². The van der Waals surface area contributed by atoms with Gasteiger partial charge in [-0.3, -0.25) is 4.79 Å². The van der Waals surface area contributed by atoms with Crippen LogP contribution in [0.5, 0.6) is 0 Å². The van der Waals surface area contributed by atoms with Gasteiger partial charge in [-0.15, -0.1) is 0 Å². The average molecular weight is 287 g/mol. The van der Waals surface area contributed by atoms with Gasteiger partial charge in [0, 0.05) is 17.5 Å². The molecule has 2 nitrogen and oxygen atoms in total. The first kappa shape index (κ1) is 11.7. The number of ether oxygens (including phenoxy) is 1. The maximum atomic E-state index is 13.5. The summed E-state index contributed by atoms with van der Waals surface area (Å²) in [6.45, 7) is 0.638. The summed E-state index contributed by atoms with van der Waals surface area (Å²) in [7, 11) is 0. The van der Waals surface area contributed by atoms with Gasteiger partial charge in [0.05, 0.1) is 0 Å². The van der Waals surface area contributed by atoms with E-state index < -0.39 is 0 Å². The van der Waals surface area contributed by atoms with Crippen molar-refractivity contribution < 1.29 is 13.9 Å². The van der Waals surface area contributed by atoms with Crippen LogP contribution in [0.4, 0.5) is 4.39 Å². The maximum absolute atomic E-state index is 13.5. The van der Waals surface area contributed by atoms with Crippen LogP contribution in [0.15, 0.2) is 22.7 Å². The summed E-state index contributed by atoms with van der Waals surface area (Å²) in [5.41, 5.74) is 0.434. The molecular formula is C12H12BrFO2. The molecule has 0 spiro atoms. The molecule has 0 aromatic heterocycles. The summed E-state index contributed by atoms with van der Waals surface area (Å²) < 4.78 is 19.4. The van der Waals surface area contributed by atoms with Gasteiger partial charge in [0.15, 0.2) is 5.78 Å². The summed E-state index contributed by atoms with van der Waals surface area (Å²) in [5.74, 6) is -0.376. The smallest absolute Gasteiger partial charge is 0.166 e. The van der Waals surface area contributed by atoms with Gasteiger partial charge in [0.2, 0.25) is 0 Å². The molecule has 1 heterocycles. The molecule has 16 heavy (non-hydrogen) atoms. The third kappa shape index (κ3) is 2.68. The lowest BCUT2D eigenvalue weighted by Crippen LogP contribution is -2.21. The van der Waals surface area contributed by atoms with Gasteiger partial charge in [-0.1, -0.05) is 22.0 Å². The van der Waals surface area contributed by atoms with Crippen LogP contribution in [-0.2, 0) is 16.0 Å². The molecular weight excluding hydrogens is 275 g/mol. The third-order valence-corrected chi connectivity index (χ3v) is 3.16. The van der Waals surface area contributed by atoms with E-state index in [4.69, 9.17) is 4.74 Å². The summed E-state index contributed by atoms with van der Waals surface area (Å²) in [6.07, 6.45) is 1.46. The second-order valence-corrected chi connectivity index (χ2v) is 4.80. The Balaban J connectivity index is 2.05. The van der Waals surface area contributed by atoms with E-state index >= 15 is 0 Å². The van der Waals surface area contributed by atoms with Crippen molar-refractivity contribution in [2.45, 2.75) is 25.4 Å². The zero-order chi connectivity index (χ0) is 11.5. The monoisotopic (exact) mass is 286 g/mol. The SMILES string of the molecule is O=C(Cc1ccc(Br)cc1F)C1CCCO1. The highest BCUT2D eigenvalue weighted by molar-refractivity contribution is 9.10. The van der Waals surface area contributed by atoms with Gasteiger partial charge in [-0.2, -0.15) is 0 Å². The number of Topliss-reactive ketones (excluding diaryl/α,β-unsaturated/α-hetero) is 1. The first-order valence-corrected chi connectivity index (χ1v) is 6.04. The lowest BCUT2D eigenvalue weighted by molar-refractivity contribution is -0.127. The molecule has 0 N–H and O–H groups in total. The van der Waals surface area contributed by atoms with Crippen molar-refractivity contribution in [2.75, 3.05) is 6.61 Å². The molecule has 0 saturated carbocycles. The van der Waals surface area contributed by atoms with Gasteiger partial charge in [0.25, 0.3) is 0 Å². The van der Waals surface area contributed by atoms with E-state index in [9.17, 15) is 9.18 Å². The van der Waals surface area contributed by atoms with Crippen molar-refractivity contribution in [3.8, 4) is 0 Å². The highest BCUT2D eigenvalue weighted by Crippen LogP contribution is 2.19. The van der Waals surface area contributed by atoms with E-state index in [1.54, 1.807) is 12.1 Å². The second kappa shape index (κ2) is 5.06. The van der Waals surface area contributed by atoms with E-state index in [1.165, 1.54) is 6.07 Å². The van der Waals surface area contributed by atoms with Crippen molar-refractivity contribution in [2.24, 2.45) is 0 Å². The van der Waals surface area contributed by atoms with Gasteiger partial charge in [-0.25, -0.2) is 4.39 Å². The second-order valence-electron chi connectivity index (χ2n) is 3.88. The number of ketones is 1. The molecule has 1 fully saturated rings. The number of rotatable bonds is 3. The topological polar surface area (TPSA) is 26.3 Å². The molecule has 0 bridgehead atoms. The molecule has 1 saturated heterocycles. The van der Waals surface area contributed by atoms with Crippen LogP contribution < -0.4 is 0 Å². The molecule has 1 unspecified atom stereocenters. The Morgan fingerprint density at radius 3 is 3.00 bits per heavy atom. The molecule has 1 atom stereocenters. The van der Waals surface area contributed by atoms with E-state index in [0.717, 1.165) is 12.8 Å². The van der Waals surface area contributed by atoms with Crippen LogP contribution >= 0.6 is 15.9 Å². The zero-order valence-electron chi connectivity index (χ0n) is 8.71. The summed E-state index contributed by atoms with van der Waals surface area (Å²) in [6, 6.07) is 4.74. The molecule has 0 aliphatic carbocycles.